The molecule has 0 spiro atoms. The number of nitrogens with zero attached hydrogens (tertiary/aromatic N) is 2. The van der Waals surface area contributed by atoms with Crippen molar-refractivity contribution in [3.8, 4) is 0 Å². The Morgan fingerprint density at radius 3 is 1.38 bits per heavy atom. The van der Waals surface area contributed by atoms with Gasteiger partial charge in [-0.25, -0.2) is 0 Å². The average molecular weight is 495 g/mol. The monoisotopic (exact) mass is 495 g/mol. The summed E-state index contributed by atoms with van der Waals surface area (Å²) in [7, 11) is 7.82. The fraction of sp³-hybridized carbons (Fsp3) is 1.00. The van der Waals surface area contributed by atoms with Gasteiger partial charge in [-0.3, -0.25) is 10.5 Å². The average Bonchev–Trinajstić information content (AvgIpc) is 2.74. The van der Waals surface area contributed by atoms with Crippen LogP contribution >= 0.6 is 0 Å². The van der Waals surface area contributed by atoms with Crippen molar-refractivity contribution < 1.29 is 20.3 Å². The van der Waals surface area contributed by atoms with Crippen molar-refractivity contribution in [1.29, 1.82) is 0 Å². The van der Waals surface area contributed by atoms with Gasteiger partial charge in [-0.2, -0.15) is 0 Å². The van der Waals surface area contributed by atoms with E-state index in [4.69, 9.17) is 15.6 Å². The molecule has 0 aromatic heterocycles. The highest BCUT2D eigenvalue weighted by Gasteiger charge is 2.15. The van der Waals surface area contributed by atoms with E-state index >= 15 is 0 Å². The van der Waals surface area contributed by atoms with Crippen LogP contribution in [0.1, 0.15) is 113 Å². The lowest BCUT2D eigenvalue weighted by atomic mass is 9.89. The first kappa shape index (κ1) is 40.9. The number of quaternary nitrogens is 1. The summed E-state index contributed by atoms with van der Waals surface area (Å²) in [6.45, 7) is 17.7. The molecule has 0 aromatic carbocycles. The molecule has 0 aliphatic heterocycles. The number of unbranched alkanes of at least 4 members (excludes halogenated alkanes) is 2. The van der Waals surface area contributed by atoms with Gasteiger partial charge in [-0.05, 0) is 51.6 Å². The van der Waals surface area contributed by atoms with Gasteiger partial charge < -0.3 is 19.9 Å². The molecule has 0 fully saturated rings. The molecule has 6 nitrogen and oxygen atoms in total. The van der Waals surface area contributed by atoms with Crippen molar-refractivity contribution in [2.45, 2.75) is 113 Å². The zero-order valence-electron chi connectivity index (χ0n) is 25.1. The number of hydrogen-bond donors (Lipinski definition) is 3. The van der Waals surface area contributed by atoms with E-state index in [0.29, 0.717) is 5.92 Å². The largest absolute Gasteiger partial charge is 0.633 e. The Balaban J connectivity index is -0.000000222. The molecule has 0 saturated carbocycles. The molecule has 212 valence electrons. The Labute approximate surface area is 214 Å². The first-order valence-corrected chi connectivity index (χ1v) is 13.9. The van der Waals surface area contributed by atoms with E-state index < -0.39 is 0 Å². The van der Waals surface area contributed by atoms with Crippen molar-refractivity contribution in [2.24, 2.45) is 23.7 Å². The second kappa shape index (κ2) is 29.0. The van der Waals surface area contributed by atoms with Gasteiger partial charge in [0.2, 0.25) is 0 Å². The third kappa shape index (κ3) is 36.3. The summed E-state index contributed by atoms with van der Waals surface area (Å²) < 4.78 is -0.147. The molecular formula is C28H66N2O4. The number of rotatable bonds is 16. The molecular weight excluding hydrogens is 428 g/mol. The minimum absolute atomic E-state index is 0.147. The molecule has 0 saturated heterocycles. The molecule has 4 unspecified atom stereocenters. The second-order valence-electron chi connectivity index (χ2n) is 10.8. The fourth-order valence-electron chi connectivity index (χ4n) is 4.62. The van der Waals surface area contributed by atoms with Crippen molar-refractivity contribution in [1.82, 2.24) is 4.90 Å². The molecule has 6 heteroatoms. The number of aliphatic hydroxyl groups excluding tert-OH is 1. The zero-order chi connectivity index (χ0) is 27.6. The molecule has 0 aliphatic carbocycles. The van der Waals surface area contributed by atoms with Gasteiger partial charge in [0.25, 0.3) is 0 Å². The molecule has 0 rings (SSSR count). The zero-order valence-corrected chi connectivity index (χ0v) is 25.1. The maximum atomic E-state index is 11.5. The van der Waals surface area contributed by atoms with Gasteiger partial charge in [0.1, 0.15) is 0 Å². The van der Waals surface area contributed by atoms with Crippen LogP contribution in [0.15, 0.2) is 0 Å². The second-order valence-corrected chi connectivity index (χ2v) is 10.8. The highest BCUT2D eigenvalue weighted by atomic mass is 17.0. The van der Waals surface area contributed by atoms with E-state index in [-0.39, 0.29) is 11.3 Å². The normalized spacial score (nSPS) is 14.5. The topological polar surface area (TPSA) is 87.0 Å². The van der Waals surface area contributed by atoms with Crippen LogP contribution in [0.4, 0.5) is 0 Å². The van der Waals surface area contributed by atoms with Crippen molar-refractivity contribution in [2.75, 3.05) is 47.9 Å². The predicted molar refractivity (Wildman–Crippen MR) is 151 cm³/mol. The van der Waals surface area contributed by atoms with E-state index in [1.165, 1.54) is 70.8 Å². The van der Waals surface area contributed by atoms with Gasteiger partial charge in [-0.1, -0.05) is 92.9 Å². The Morgan fingerprint density at radius 1 is 0.765 bits per heavy atom. The SMILES string of the molecule is CCCCC(CC)CC(C)CN(C)C.CCCCC(CC)CC(C)C[N+](C)(C)[O-].CCO.OO. The van der Waals surface area contributed by atoms with Gasteiger partial charge in [0.15, 0.2) is 0 Å². The Bertz CT molecular complexity index is 363. The summed E-state index contributed by atoms with van der Waals surface area (Å²) in [5.74, 6) is 3.20. The first-order valence-electron chi connectivity index (χ1n) is 13.9. The summed E-state index contributed by atoms with van der Waals surface area (Å²) in [6, 6.07) is 0. The Hall–Kier alpha value is -0.240. The highest BCUT2D eigenvalue weighted by Crippen LogP contribution is 2.23. The maximum Gasteiger partial charge on any atom is 0.0805 e. The molecule has 4 atom stereocenters. The summed E-state index contributed by atoms with van der Waals surface area (Å²) in [4.78, 5) is 2.30. The van der Waals surface area contributed by atoms with Crippen LogP contribution in [0.25, 0.3) is 0 Å². The summed E-state index contributed by atoms with van der Waals surface area (Å²) in [5, 5.41) is 31.1. The van der Waals surface area contributed by atoms with Crippen LogP contribution in [0, 0.1) is 28.9 Å². The smallest absolute Gasteiger partial charge is 0.0805 e. The number of hydrogen-bond acceptors (Lipinski definition) is 5. The summed E-state index contributed by atoms with van der Waals surface area (Å²) in [5.41, 5.74) is 0. The summed E-state index contributed by atoms with van der Waals surface area (Å²) >= 11 is 0. The van der Waals surface area contributed by atoms with E-state index in [2.05, 4.69) is 60.5 Å². The molecule has 0 aliphatic rings. The molecule has 3 N–H and O–H groups in total. The standard InChI is InChI=1S/C13H29NO.C13H29N.C2H6O.H2O2/c1-6-8-9-13(7-2)10-12(3)11-14(4,5)15;1-6-8-9-13(7-2)10-12(3)11-14(4)5;1-2-3;1-2/h12-13H,6-11H2,1-5H3;12-13H,6-11H2,1-5H3;3H,2H2,1H3;1-2H. The van der Waals surface area contributed by atoms with Crippen molar-refractivity contribution in [3.63, 3.8) is 0 Å². The van der Waals surface area contributed by atoms with E-state index in [0.717, 1.165) is 24.3 Å². The predicted octanol–water partition coefficient (Wildman–Crippen LogP) is 7.61. The van der Waals surface area contributed by atoms with E-state index in [9.17, 15) is 5.21 Å². The maximum absolute atomic E-state index is 11.5. The summed E-state index contributed by atoms with van der Waals surface area (Å²) in [6.07, 6.45) is 13.4. The van der Waals surface area contributed by atoms with Gasteiger partial charge in [0.05, 0.1) is 20.6 Å². The lowest BCUT2D eigenvalue weighted by molar-refractivity contribution is -0.843. The van der Waals surface area contributed by atoms with Crippen LogP contribution in [-0.2, 0) is 0 Å². The van der Waals surface area contributed by atoms with Gasteiger partial charge in [-0.15, -0.1) is 0 Å². The fourth-order valence-corrected chi connectivity index (χ4v) is 4.62. The molecule has 34 heavy (non-hydrogen) atoms. The first-order chi connectivity index (χ1) is 15.9. The lowest BCUT2D eigenvalue weighted by Gasteiger charge is -2.37. The third-order valence-corrected chi connectivity index (χ3v) is 5.99. The molecule has 0 bridgehead atoms. The minimum atomic E-state index is -0.147. The van der Waals surface area contributed by atoms with E-state index in [1.54, 1.807) is 21.0 Å². The van der Waals surface area contributed by atoms with Crippen LogP contribution in [-0.4, -0.2) is 73.1 Å². The van der Waals surface area contributed by atoms with Crippen LogP contribution in [0.3, 0.4) is 0 Å². The van der Waals surface area contributed by atoms with Crippen LogP contribution < -0.4 is 0 Å². The van der Waals surface area contributed by atoms with Gasteiger partial charge >= 0.3 is 0 Å². The minimum Gasteiger partial charge on any atom is -0.633 e. The Kier molecular flexibility index (Phi) is 34.9. The van der Waals surface area contributed by atoms with Crippen LogP contribution in [0.5, 0.6) is 0 Å². The van der Waals surface area contributed by atoms with Gasteiger partial charge in [0, 0.05) is 19.1 Å². The molecule has 0 aromatic rings. The van der Waals surface area contributed by atoms with Crippen molar-refractivity contribution in [3.05, 3.63) is 5.21 Å². The van der Waals surface area contributed by atoms with E-state index in [1.807, 2.05) is 0 Å². The van der Waals surface area contributed by atoms with Crippen LogP contribution in [0.2, 0.25) is 0 Å². The lowest BCUT2D eigenvalue weighted by Crippen LogP contribution is -2.37. The molecule has 0 heterocycles. The third-order valence-electron chi connectivity index (χ3n) is 5.99. The number of hydroxylamine groups is 3. The highest BCUT2D eigenvalue weighted by molar-refractivity contribution is 4.65. The molecule has 0 radical (unpaired) electrons. The Morgan fingerprint density at radius 2 is 1.12 bits per heavy atom. The quantitative estimate of drug-likeness (QED) is 0.117. The number of aliphatic hydroxyl groups is 1. The van der Waals surface area contributed by atoms with Crippen molar-refractivity contribution >= 4 is 0 Å². The molecule has 0 amide bonds.